The summed E-state index contributed by atoms with van der Waals surface area (Å²) in [5.74, 6) is 0. The fraction of sp³-hybridized carbons (Fsp3) is 0.650. The van der Waals surface area contributed by atoms with Crippen molar-refractivity contribution >= 4 is 73.3 Å². The van der Waals surface area contributed by atoms with Gasteiger partial charge in [0, 0.05) is 76.2 Å². The van der Waals surface area contributed by atoms with E-state index >= 15 is 0 Å². The van der Waals surface area contributed by atoms with Crippen LogP contribution < -0.4 is 14.9 Å². The first-order valence-corrected chi connectivity index (χ1v) is 12.2. The molecule has 0 bridgehead atoms. The van der Waals surface area contributed by atoms with Crippen molar-refractivity contribution in [2.75, 3.05) is 31.5 Å². The van der Waals surface area contributed by atoms with Gasteiger partial charge in [0.1, 0.15) is 0 Å². The van der Waals surface area contributed by atoms with Gasteiger partial charge in [-0.15, -0.1) is 4.83 Å². The first kappa shape index (κ1) is 23.1. The number of amides is 2. The van der Waals surface area contributed by atoms with Crippen molar-refractivity contribution in [1.29, 1.82) is 0 Å². The Kier molecular flexibility index (Phi) is 7.28. The van der Waals surface area contributed by atoms with Crippen LogP contribution in [-0.4, -0.2) is 108 Å². The molecule has 5 rings (SSSR count). The summed E-state index contributed by atoms with van der Waals surface area (Å²) in [6, 6.07) is 2.00. The Hall–Kier alpha value is -0.0436. The molecular formula is C20H29KN5O3S. The summed E-state index contributed by atoms with van der Waals surface area (Å²) in [5, 5.41) is 4.51. The number of benzene rings is 1. The predicted molar refractivity (Wildman–Crippen MR) is 117 cm³/mol. The number of hydrogen-bond donors (Lipinski definition) is 3. The molecule has 0 aromatic heterocycles. The molecule has 0 unspecified atom stereocenters. The molecule has 30 heavy (non-hydrogen) atoms. The van der Waals surface area contributed by atoms with Crippen molar-refractivity contribution in [3.63, 3.8) is 0 Å². The number of nitrogens with zero attached hydrogens (tertiary/aromatic N) is 2. The predicted octanol–water partition coefficient (Wildman–Crippen LogP) is 0.934. The number of hydrogen-bond acceptors (Lipinski definition) is 5. The van der Waals surface area contributed by atoms with E-state index in [9.17, 15) is 13.2 Å². The van der Waals surface area contributed by atoms with Crippen molar-refractivity contribution in [3.8, 4) is 0 Å². The maximum absolute atomic E-state index is 12.5. The fourth-order valence-electron chi connectivity index (χ4n) is 5.29. The van der Waals surface area contributed by atoms with Crippen LogP contribution in [0.25, 0.3) is 0 Å². The summed E-state index contributed by atoms with van der Waals surface area (Å²) in [6.45, 7) is 3.50. The molecule has 8 nitrogen and oxygen atoms in total. The molecule has 4 aliphatic rings. The van der Waals surface area contributed by atoms with E-state index in [2.05, 4.69) is 25.8 Å². The number of hydrazine groups is 1. The zero-order valence-electron chi connectivity index (χ0n) is 17.7. The SMILES string of the molecule is O=C(Nc1c2c(cc3c1CCC3)CCC2)NS(=O)(=O)NN1CC(N2CCCC2)C1.[K]. The summed E-state index contributed by atoms with van der Waals surface area (Å²) in [6.07, 6.45) is 8.55. The number of fused-ring (bicyclic) bond motifs is 2. The third-order valence-corrected chi connectivity index (χ3v) is 7.66. The van der Waals surface area contributed by atoms with Crippen molar-refractivity contribution < 1.29 is 13.2 Å². The largest absolute Gasteiger partial charge is 0.333 e. The van der Waals surface area contributed by atoms with Crippen LogP contribution in [0.5, 0.6) is 0 Å². The van der Waals surface area contributed by atoms with Gasteiger partial charge in [0.25, 0.3) is 0 Å². The Balaban J connectivity index is 0.00000218. The third kappa shape index (κ3) is 4.81. The van der Waals surface area contributed by atoms with E-state index in [-0.39, 0.29) is 51.4 Å². The zero-order chi connectivity index (χ0) is 20.0. The first-order valence-electron chi connectivity index (χ1n) is 10.8. The molecule has 1 aromatic carbocycles. The summed E-state index contributed by atoms with van der Waals surface area (Å²) < 4.78 is 26.9. The minimum Gasteiger partial charge on any atom is -0.307 e. The van der Waals surface area contributed by atoms with E-state index in [4.69, 9.17) is 0 Å². The Labute approximate surface area is 221 Å². The number of aryl methyl sites for hydroxylation is 2. The molecular weight excluding hydrogens is 429 g/mol. The number of urea groups is 1. The van der Waals surface area contributed by atoms with Crippen molar-refractivity contribution in [2.45, 2.75) is 57.4 Å². The average molecular weight is 459 g/mol. The molecule has 1 radical (unpaired) electrons. The van der Waals surface area contributed by atoms with Crippen LogP contribution in [0, 0.1) is 0 Å². The summed E-state index contributed by atoms with van der Waals surface area (Å²) in [5.41, 5.74) is 5.81. The Morgan fingerprint density at radius 1 is 0.933 bits per heavy atom. The van der Waals surface area contributed by atoms with Gasteiger partial charge in [-0.1, -0.05) is 6.07 Å². The van der Waals surface area contributed by atoms with Gasteiger partial charge in [-0.2, -0.15) is 8.42 Å². The van der Waals surface area contributed by atoms with Gasteiger partial charge in [-0.05, 0) is 86.7 Å². The van der Waals surface area contributed by atoms with Crippen LogP contribution in [0.15, 0.2) is 6.07 Å². The molecule has 1 aromatic rings. The number of nitrogens with one attached hydrogen (secondary N) is 3. The monoisotopic (exact) mass is 458 g/mol. The molecule has 0 spiro atoms. The molecule has 10 heteroatoms. The maximum Gasteiger partial charge on any atom is 0.333 e. The first-order chi connectivity index (χ1) is 14.0. The normalized spacial score (nSPS) is 21.6. The number of carbonyl (C=O) groups is 1. The molecule has 2 aliphatic heterocycles. The molecule has 2 amide bonds. The van der Waals surface area contributed by atoms with Gasteiger partial charge in [-0.3, -0.25) is 4.90 Å². The van der Waals surface area contributed by atoms with Crippen molar-refractivity contribution in [3.05, 3.63) is 28.3 Å². The second-order valence-electron chi connectivity index (χ2n) is 8.69. The van der Waals surface area contributed by atoms with Crippen molar-refractivity contribution in [1.82, 2.24) is 19.5 Å². The van der Waals surface area contributed by atoms with E-state index in [1.807, 2.05) is 0 Å². The smallest absolute Gasteiger partial charge is 0.307 e. The summed E-state index contributed by atoms with van der Waals surface area (Å²) in [4.78, 5) is 17.4. The molecule has 2 saturated heterocycles. The minimum absolute atomic E-state index is 0. The Morgan fingerprint density at radius 3 is 2.13 bits per heavy atom. The molecule has 2 fully saturated rings. The van der Waals surface area contributed by atoms with Gasteiger partial charge in [0.15, 0.2) is 0 Å². The van der Waals surface area contributed by atoms with Crippen LogP contribution in [0.3, 0.4) is 0 Å². The Bertz CT molecular complexity index is 895. The molecule has 2 aliphatic carbocycles. The molecule has 159 valence electrons. The van der Waals surface area contributed by atoms with E-state index in [0.717, 1.165) is 57.3 Å². The maximum atomic E-state index is 12.5. The number of carbonyl (C=O) groups excluding carboxylic acids is 1. The fourth-order valence-corrected chi connectivity index (χ4v) is 6.12. The van der Waals surface area contributed by atoms with Gasteiger partial charge in [-0.25, -0.2) is 14.5 Å². The Morgan fingerprint density at radius 2 is 1.53 bits per heavy atom. The molecule has 2 heterocycles. The number of anilines is 1. The molecule has 0 atom stereocenters. The van der Waals surface area contributed by atoms with Gasteiger partial charge >= 0.3 is 16.2 Å². The van der Waals surface area contributed by atoms with E-state index in [1.54, 1.807) is 5.01 Å². The van der Waals surface area contributed by atoms with Crippen LogP contribution in [0.4, 0.5) is 10.5 Å². The third-order valence-electron chi connectivity index (χ3n) is 6.71. The topological polar surface area (TPSA) is 93.8 Å². The second kappa shape index (κ2) is 9.44. The zero-order valence-corrected chi connectivity index (χ0v) is 21.6. The standard InChI is InChI=1S/C20H29N5O3S.K/c26-20(21-19-17-7-3-5-14(17)11-15-6-4-8-18(15)19)22-29(27,28)23-25-12-16(13-25)24-9-1-2-10-24;/h11,16,23H,1-10,12-13H2,(H2,21,22,26);. The van der Waals surface area contributed by atoms with E-state index < -0.39 is 16.2 Å². The average Bonchev–Trinajstić information content (AvgIpc) is 3.37. The van der Waals surface area contributed by atoms with Crippen LogP contribution in [0.1, 0.15) is 47.9 Å². The summed E-state index contributed by atoms with van der Waals surface area (Å²) >= 11 is 0. The summed E-state index contributed by atoms with van der Waals surface area (Å²) in [7, 11) is -3.94. The molecule has 3 N–H and O–H groups in total. The second-order valence-corrected chi connectivity index (χ2v) is 10.1. The van der Waals surface area contributed by atoms with E-state index in [0.29, 0.717) is 19.1 Å². The quantitative estimate of drug-likeness (QED) is 0.571. The van der Waals surface area contributed by atoms with Crippen molar-refractivity contribution in [2.24, 2.45) is 0 Å². The van der Waals surface area contributed by atoms with Crippen LogP contribution >= 0.6 is 0 Å². The van der Waals surface area contributed by atoms with Crippen LogP contribution in [0.2, 0.25) is 0 Å². The van der Waals surface area contributed by atoms with Gasteiger partial charge in [0.05, 0.1) is 0 Å². The molecule has 0 saturated carbocycles. The van der Waals surface area contributed by atoms with Gasteiger partial charge in [0.2, 0.25) is 0 Å². The van der Waals surface area contributed by atoms with Crippen LogP contribution in [-0.2, 0) is 35.9 Å². The number of rotatable bonds is 5. The number of likely N-dealkylation sites (tertiary alicyclic amines) is 1. The van der Waals surface area contributed by atoms with Gasteiger partial charge < -0.3 is 5.32 Å². The van der Waals surface area contributed by atoms with E-state index in [1.165, 1.54) is 35.1 Å². The minimum atomic E-state index is -3.94.